The van der Waals surface area contributed by atoms with E-state index in [4.69, 9.17) is 0 Å². The van der Waals surface area contributed by atoms with E-state index in [0.29, 0.717) is 0 Å². The topological polar surface area (TPSA) is 15.3 Å². The van der Waals surface area contributed by atoms with E-state index in [-0.39, 0.29) is 0 Å². The van der Waals surface area contributed by atoms with Crippen LogP contribution < -0.4 is 5.32 Å². The Morgan fingerprint density at radius 1 is 1.39 bits per heavy atom. The van der Waals surface area contributed by atoms with Gasteiger partial charge in [0.15, 0.2) is 0 Å². The van der Waals surface area contributed by atoms with E-state index in [9.17, 15) is 0 Å². The molecule has 0 radical (unpaired) electrons. The molecule has 1 N–H and O–H groups in total. The molecule has 1 aliphatic heterocycles. The van der Waals surface area contributed by atoms with E-state index >= 15 is 0 Å². The first-order chi connectivity index (χ1) is 8.88. The molecular formula is C15H26N2S. The van der Waals surface area contributed by atoms with Crippen LogP contribution in [0.1, 0.15) is 38.2 Å². The van der Waals surface area contributed by atoms with Crippen molar-refractivity contribution in [3.8, 4) is 0 Å². The molecule has 1 atom stereocenters. The smallest absolute Gasteiger partial charge is 0.00798 e. The lowest BCUT2D eigenvalue weighted by molar-refractivity contribution is 0.283. The summed E-state index contributed by atoms with van der Waals surface area (Å²) in [7, 11) is 0. The average Bonchev–Trinajstić information content (AvgIpc) is 2.78. The van der Waals surface area contributed by atoms with E-state index in [0.717, 1.165) is 12.6 Å². The Balaban J connectivity index is 1.64. The monoisotopic (exact) mass is 266 g/mol. The van der Waals surface area contributed by atoms with Gasteiger partial charge in [0.1, 0.15) is 0 Å². The Labute approximate surface area is 115 Å². The lowest BCUT2D eigenvalue weighted by Crippen LogP contribution is -2.32. The number of hydrogen-bond acceptors (Lipinski definition) is 3. The van der Waals surface area contributed by atoms with Crippen molar-refractivity contribution in [2.75, 3.05) is 26.2 Å². The second-order valence-corrected chi connectivity index (χ2v) is 6.09. The quantitative estimate of drug-likeness (QED) is 0.851. The van der Waals surface area contributed by atoms with Gasteiger partial charge in [-0.05, 0) is 80.7 Å². The first kappa shape index (κ1) is 14.0. The fraction of sp³-hybridized carbons (Fsp3) is 0.733. The van der Waals surface area contributed by atoms with E-state index in [1.165, 1.54) is 57.3 Å². The normalized spacial score (nSPS) is 21.9. The molecule has 0 spiro atoms. The van der Waals surface area contributed by atoms with Gasteiger partial charge in [0, 0.05) is 6.04 Å². The summed E-state index contributed by atoms with van der Waals surface area (Å²) < 4.78 is 0. The summed E-state index contributed by atoms with van der Waals surface area (Å²) in [5.41, 5.74) is 1.48. The van der Waals surface area contributed by atoms with Crippen LogP contribution in [0.4, 0.5) is 0 Å². The van der Waals surface area contributed by atoms with Crippen LogP contribution in [0.2, 0.25) is 0 Å². The maximum Gasteiger partial charge on any atom is 0.00798 e. The minimum Gasteiger partial charge on any atom is -0.314 e. The number of hydrogen-bond donors (Lipinski definition) is 1. The van der Waals surface area contributed by atoms with E-state index in [1.54, 1.807) is 11.3 Å². The van der Waals surface area contributed by atoms with Gasteiger partial charge >= 0.3 is 0 Å². The van der Waals surface area contributed by atoms with Gasteiger partial charge in [0.05, 0.1) is 0 Å². The predicted molar refractivity (Wildman–Crippen MR) is 80.4 cm³/mol. The zero-order chi connectivity index (χ0) is 12.6. The second-order valence-electron chi connectivity index (χ2n) is 5.31. The van der Waals surface area contributed by atoms with Crippen LogP contribution in [0.5, 0.6) is 0 Å². The summed E-state index contributed by atoms with van der Waals surface area (Å²) >= 11 is 1.80. The molecule has 1 saturated heterocycles. The molecular weight excluding hydrogens is 240 g/mol. The molecule has 1 unspecified atom stereocenters. The van der Waals surface area contributed by atoms with E-state index in [1.807, 2.05) is 0 Å². The average molecular weight is 266 g/mol. The van der Waals surface area contributed by atoms with Crippen LogP contribution in [-0.2, 0) is 6.42 Å². The van der Waals surface area contributed by atoms with Crippen LogP contribution >= 0.6 is 11.3 Å². The standard InChI is InChI=1S/C15H26N2S/c1-2-9-17-10-3-4-15(6-11-17)16-8-5-14-7-12-18-13-14/h7,12-13,15-16H,2-6,8-11H2,1H3. The van der Waals surface area contributed by atoms with Crippen LogP contribution in [0.15, 0.2) is 16.8 Å². The molecule has 3 heteroatoms. The largest absolute Gasteiger partial charge is 0.314 e. The molecule has 0 aromatic carbocycles. The van der Waals surface area contributed by atoms with Crippen LogP contribution in [0.3, 0.4) is 0 Å². The SMILES string of the molecule is CCCN1CCCC(NCCc2ccsc2)CC1. The fourth-order valence-corrected chi connectivity index (χ4v) is 3.46. The lowest BCUT2D eigenvalue weighted by atomic mass is 10.1. The Morgan fingerprint density at radius 2 is 2.33 bits per heavy atom. The van der Waals surface area contributed by atoms with Crippen molar-refractivity contribution in [2.24, 2.45) is 0 Å². The zero-order valence-corrected chi connectivity index (χ0v) is 12.3. The zero-order valence-electron chi connectivity index (χ0n) is 11.5. The number of nitrogens with one attached hydrogen (secondary N) is 1. The van der Waals surface area contributed by atoms with Gasteiger partial charge in [-0.3, -0.25) is 0 Å². The first-order valence-electron chi connectivity index (χ1n) is 7.35. The van der Waals surface area contributed by atoms with Crippen molar-refractivity contribution in [1.29, 1.82) is 0 Å². The Kier molecular flexibility index (Phi) is 6.18. The minimum atomic E-state index is 0.741. The molecule has 0 amide bonds. The van der Waals surface area contributed by atoms with Crippen molar-refractivity contribution in [3.63, 3.8) is 0 Å². The maximum atomic E-state index is 3.74. The third kappa shape index (κ3) is 4.71. The minimum absolute atomic E-state index is 0.741. The molecule has 1 aromatic heterocycles. The Morgan fingerprint density at radius 3 is 3.11 bits per heavy atom. The molecule has 0 aliphatic carbocycles. The van der Waals surface area contributed by atoms with Crippen LogP contribution in [-0.4, -0.2) is 37.1 Å². The van der Waals surface area contributed by atoms with E-state index in [2.05, 4.69) is 34.0 Å². The maximum absolute atomic E-state index is 3.74. The lowest BCUT2D eigenvalue weighted by Gasteiger charge is -2.19. The van der Waals surface area contributed by atoms with Gasteiger partial charge in [-0.2, -0.15) is 11.3 Å². The molecule has 0 saturated carbocycles. The molecule has 0 bridgehead atoms. The van der Waals surface area contributed by atoms with Gasteiger partial charge in [0.25, 0.3) is 0 Å². The number of rotatable bonds is 6. The van der Waals surface area contributed by atoms with Gasteiger partial charge in [0.2, 0.25) is 0 Å². The third-order valence-corrected chi connectivity index (χ3v) is 4.52. The van der Waals surface area contributed by atoms with Crippen molar-refractivity contribution >= 4 is 11.3 Å². The molecule has 1 fully saturated rings. The predicted octanol–water partition coefficient (Wildman–Crippen LogP) is 3.14. The Bertz CT molecular complexity index is 310. The summed E-state index contributed by atoms with van der Waals surface area (Å²) in [6, 6.07) is 2.98. The van der Waals surface area contributed by atoms with Crippen molar-refractivity contribution in [3.05, 3.63) is 22.4 Å². The summed E-state index contributed by atoms with van der Waals surface area (Å²) in [5, 5.41) is 8.17. The molecule has 18 heavy (non-hydrogen) atoms. The van der Waals surface area contributed by atoms with Crippen molar-refractivity contribution in [2.45, 2.75) is 45.1 Å². The highest BCUT2D eigenvalue weighted by Crippen LogP contribution is 2.12. The molecule has 2 rings (SSSR count). The summed E-state index contributed by atoms with van der Waals surface area (Å²) in [4.78, 5) is 2.63. The second kappa shape index (κ2) is 7.93. The molecule has 102 valence electrons. The number of thiophene rings is 1. The van der Waals surface area contributed by atoms with Gasteiger partial charge in [-0.15, -0.1) is 0 Å². The van der Waals surface area contributed by atoms with Crippen molar-refractivity contribution < 1.29 is 0 Å². The molecule has 1 aliphatic rings. The van der Waals surface area contributed by atoms with E-state index < -0.39 is 0 Å². The Hall–Kier alpha value is -0.380. The van der Waals surface area contributed by atoms with Gasteiger partial charge in [-0.1, -0.05) is 6.92 Å². The highest BCUT2D eigenvalue weighted by molar-refractivity contribution is 7.07. The highest BCUT2D eigenvalue weighted by atomic mass is 32.1. The summed E-state index contributed by atoms with van der Waals surface area (Å²) in [6.07, 6.45) is 6.50. The summed E-state index contributed by atoms with van der Waals surface area (Å²) in [5.74, 6) is 0. The number of nitrogens with zero attached hydrogens (tertiary/aromatic N) is 1. The fourth-order valence-electron chi connectivity index (χ4n) is 2.76. The van der Waals surface area contributed by atoms with Crippen molar-refractivity contribution in [1.82, 2.24) is 10.2 Å². The van der Waals surface area contributed by atoms with Gasteiger partial charge < -0.3 is 10.2 Å². The number of likely N-dealkylation sites (tertiary alicyclic amines) is 1. The molecule has 1 aromatic rings. The van der Waals surface area contributed by atoms with Gasteiger partial charge in [-0.25, -0.2) is 0 Å². The summed E-state index contributed by atoms with van der Waals surface area (Å²) in [6.45, 7) is 7.28. The van der Waals surface area contributed by atoms with Crippen LogP contribution in [0, 0.1) is 0 Å². The van der Waals surface area contributed by atoms with Crippen LogP contribution in [0.25, 0.3) is 0 Å². The highest BCUT2D eigenvalue weighted by Gasteiger charge is 2.15. The first-order valence-corrected chi connectivity index (χ1v) is 8.29. The molecule has 2 heterocycles. The third-order valence-electron chi connectivity index (χ3n) is 3.79. The molecule has 2 nitrogen and oxygen atoms in total.